The Morgan fingerprint density at radius 2 is 1.87 bits per heavy atom. The van der Waals surface area contributed by atoms with Crippen molar-refractivity contribution < 1.29 is 14.3 Å². The second kappa shape index (κ2) is 8.96. The second-order valence-electron chi connectivity index (χ2n) is 8.58. The number of anilines is 3. The molecule has 2 aromatic carbocycles. The number of hydrogen-bond donors (Lipinski definition) is 2. The number of nitrogens with one attached hydrogen (secondary N) is 2. The Labute approximate surface area is 182 Å². The lowest BCUT2D eigenvalue weighted by Gasteiger charge is -2.28. The summed E-state index contributed by atoms with van der Waals surface area (Å²) in [5, 5.41) is 6.10. The zero-order chi connectivity index (χ0) is 21.9. The summed E-state index contributed by atoms with van der Waals surface area (Å²) in [5.74, 6) is 1.11. The number of benzene rings is 2. The largest absolute Gasteiger partial charge is 0.490 e. The summed E-state index contributed by atoms with van der Waals surface area (Å²) in [6, 6.07) is 11.9. The van der Waals surface area contributed by atoms with E-state index in [4.69, 9.17) is 16.3 Å². The molecule has 3 amide bonds. The molecule has 0 fully saturated rings. The summed E-state index contributed by atoms with van der Waals surface area (Å²) in [6.07, 6.45) is 0.869. The molecule has 0 unspecified atom stereocenters. The van der Waals surface area contributed by atoms with Gasteiger partial charge in [0.1, 0.15) is 12.4 Å². The number of carbonyl (C=O) groups is 2. The number of rotatable bonds is 5. The van der Waals surface area contributed by atoms with E-state index in [0.29, 0.717) is 46.9 Å². The van der Waals surface area contributed by atoms with Crippen LogP contribution in [0.15, 0.2) is 42.5 Å². The number of fused-ring (bicyclic) bond motifs is 1. The third-order valence-corrected chi connectivity index (χ3v) is 5.17. The van der Waals surface area contributed by atoms with Crippen LogP contribution in [0.2, 0.25) is 5.02 Å². The number of urea groups is 1. The Morgan fingerprint density at radius 3 is 2.53 bits per heavy atom. The number of amides is 3. The molecule has 2 N–H and O–H groups in total. The molecule has 0 bridgehead atoms. The second-order valence-corrected chi connectivity index (χ2v) is 9.02. The fraction of sp³-hybridized carbons (Fsp3) is 0.391. The van der Waals surface area contributed by atoms with E-state index in [2.05, 4.69) is 24.5 Å². The molecule has 1 aliphatic heterocycles. The van der Waals surface area contributed by atoms with Crippen molar-refractivity contribution in [1.29, 1.82) is 0 Å². The smallest absolute Gasteiger partial charge is 0.323 e. The Morgan fingerprint density at radius 1 is 1.17 bits per heavy atom. The minimum atomic E-state index is -0.631. The van der Waals surface area contributed by atoms with E-state index >= 15 is 0 Å². The van der Waals surface area contributed by atoms with Crippen LogP contribution in [0.5, 0.6) is 5.75 Å². The predicted molar refractivity (Wildman–Crippen MR) is 122 cm³/mol. The molecule has 6 nitrogen and oxygen atoms in total. The van der Waals surface area contributed by atoms with Crippen LogP contribution in [0.1, 0.15) is 34.1 Å². The first-order chi connectivity index (χ1) is 14.2. The van der Waals surface area contributed by atoms with Gasteiger partial charge in [0.15, 0.2) is 0 Å². The normalized spacial score (nSPS) is 15.3. The van der Waals surface area contributed by atoms with Crippen molar-refractivity contribution in [2.45, 2.75) is 34.1 Å². The summed E-state index contributed by atoms with van der Waals surface area (Å²) < 4.78 is 5.93. The van der Waals surface area contributed by atoms with Crippen LogP contribution in [0, 0.1) is 11.3 Å². The molecule has 1 aliphatic rings. The molecule has 3 rings (SSSR count). The highest BCUT2D eigenvalue weighted by Crippen LogP contribution is 2.38. The van der Waals surface area contributed by atoms with Gasteiger partial charge in [0.25, 0.3) is 0 Å². The van der Waals surface area contributed by atoms with Gasteiger partial charge in [-0.2, -0.15) is 0 Å². The molecule has 0 aromatic heterocycles. The molecule has 0 aliphatic carbocycles. The molecule has 0 radical (unpaired) electrons. The van der Waals surface area contributed by atoms with E-state index in [0.717, 1.165) is 6.42 Å². The molecular formula is C23H28ClN3O3. The Kier molecular flexibility index (Phi) is 6.56. The van der Waals surface area contributed by atoms with Crippen molar-refractivity contribution in [1.82, 2.24) is 0 Å². The lowest BCUT2D eigenvalue weighted by Crippen LogP contribution is -2.42. The fourth-order valence-electron chi connectivity index (χ4n) is 3.19. The van der Waals surface area contributed by atoms with E-state index in [1.165, 1.54) is 0 Å². The molecule has 30 heavy (non-hydrogen) atoms. The molecule has 0 atom stereocenters. The van der Waals surface area contributed by atoms with Gasteiger partial charge < -0.3 is 20.3 Å². The van der Waals surface area contributed by atoms with E-state index in [1.807, 2.05) is 13.8 Å². The third-order valence-electron chi connectivity index (χ3n) is 4.93. The first kappa shape index (κ1) is 22.0. The molecule has 7 heteroatoms. The third kappa shape index (κ3) is 5.25. The molecule has 0 spiro atoms. The van der Waals surface area contributed by atoms with E-state index in [1.54, 1.807) is 47.4 Å². The fourth-order valence-corrected chi connectivity index (χ4v) is 3.38. The summed E-state index contributed by atoms with van der Waals surface area (Å²) in [4.78, 5) is 27.4. The molecule has 160 valence electrons. The lowest BCUT2D eigenvalue weighted by molar-refractivity contribution is -0.127. The van der Waals surface area contributed by atoms with Crippen molar-refractivity contribution in [3.05, 3.63) is 47.5 Å². The van der Waals surface area contributed by atoms with Crippen LogP contribution < -0.4 is 20.3 Å². The topological polar surface area (TPSA) is 70.7 Å². The average Bonchev–Trinajstić information content (AvgIpc) is 2.75. The lowest BCUT2D eigenvalue weighted by atomic mass is 9.92. The summed E-state index contributed by atoms with van der Waals surface area (Å²) in [7, 11) is 0. The molecule has 1 heterocycles. The van der Waals surface area contributed by atoms with E-state index in [-0.39, 0.29) is 5.91 Å². The minimum absolute atomic E-state index is 0.0161. The first-order valence-corrected chi connectivity index (χ1v) is 10.5. The van der Waals surface area contributed by atoms with Gasteiger partial charge in [-0.15, -0.1) is 0 Å². The van der Waals surface area contributed by atoms with Gasteiger partial charge in [0.2, 0.25) is 5.91 Å². The van der Waals surface area contributed by atoms with Crippen LogP contribution in [0.4, 0.5) is 21.9 Å². The van der Waals surface area contributed by atoms with Crippen molar-refractivity contribution >= 4 is 40.6 Å². The number of nitrogens with zero attached hydrogens (tertiary/aromatic N) is 1. The van der Waals surface area contributed by atoms with Gasteiger partial charge in [0.05, 0.1) is 11.1 Å². The number of hydrogen-bond acceptors (Lipinski definition) is 3. The first-order valence-electron chi connectivity index (χ1n) is 10.1. The van der Waals surface area contributed by atoms with Gasteiger partial charge in [0, 0.05) is 22.9 Å². The van der Waals surface area contributed by atoms with Gasteiger partial charge in [-0.25, -0.2) is 4.79 Å². The maximum Gasteiger partial charge on any atom is 0.323 e. The van der Waals surface area contributed by atoms with Gasteiger partial charge in [-0.05, 0) is 62.6 Å². The highest BCUT2D eigenvalue weighted by Gasteiger charge is 2.37. The Bertz CT molecular complexity index is 943. The summed E-state index contributed by atoms with van der Waals surface area (Å²) >= 11 is 5.96. The maximum absolute atomic E-state index is 13.2. The van der Waals surface area contributed by atoms with Crippen molar-refractivity contribution in [2.75, 3.05) is 28.7 Å². The van der Waals surface area contributed by atoms with Crippen molar-refractivity contribution in [3.8, 4) is 5.75 Å². The van der Waals surface area contributed by atoms with Gasteiger partial charge in [-0.3, -0.25) is 4.79 Å². The standard InChI is InChI=1S/C23H28ClN3O3/c1-15(2)10-11-27-19-13-18(8-9-20(19)30-14-23(3,4)21(27)28)26-22(29)25-17-7-5-6-16(24)12-17/h5-9,12-13,15H,10-11,14H2,1-4H3,(H2,25,26,29). The molecule has 2 aromatic rings. The number of carbonyl (C=O) groups excluding carboxylic acids is 2. The summed E-state index contributed by atoms with van der Waals surface area (Å²) in [5.41, 5.74) is 1.20. The SMILES string of the molecule is CC(C)CCN1C(=O)C(C)(C)COc2ccc(NC(=O)Nc3cccc(Cl)c3)cc21. The van der Waals surface area contributed by atoms with Gasteiger partial charge in [-0.1, -0.05) is 31.5 Å². The molecular weight excluding hydrogens is 402 g/mol. The van der Waals surface area contributed by atoms with Crippen molar-refractivity contribution in [2.24, 2.45) is 11.3 Å². The number of halogens is 1. The quantitative estimate of drug-likeness (QED) is 0.632. The Hall–Kier alpha value is -2.73. The molecule has 0 saturated heterocycles. The van der Waals surface area contributed by atoms with E-state index < -0.39 is 11.4 Å². The van der Waals surface area contributed by atoms with Crippen LogP contribution in [0.25, 0.3) is 0 Å². The Balaban J connectivity index is 1.83. The van der Waals surface area contributed by atoms with Crippen LogP contribution in [-0.2, 0) is 4.79 Å². The van der Waals surface area contributed by atoms with Crippen LogP contribution in [-0.4, -0.2) is 25.1 Å². The highest BCUT2D eigenvalue weighted by atomic mass is 35.5. The monoisotopic (exact) mass is 429 g/mol. The zero-order valence-electron chi connectivity index (χ0n) is 17.8. The zero-order valence-corrected chi connectivity index (χ0v) is 18.5. The predicted octanol–water partition coefficient (Wildman–Crippen LogP) is 5.78. The van der Waals surface area contributed by atoms with Crippen LogP contribution in [0.3, 0.4) is 0 Å². The maximum atomic E-state index is 13.2. The van der Waals surface area contributed by atoms with Crippen LogP contribution >= 0.6 is 11.6 Å². The summed E-state index contributed by atoms with van der Waals surface area (Å²) in [6.45, 7) is 8.93. The van der Waals surface area contributed by atoms with Crippen molar-refractivity contribution in [3.63, 3.8) is 0 Å². The number of ether oxygens (including phenoxy) is 1. The van der Waals surface area contributed by atoms with Gasteiger partial charge >= 0.3 is 6.03 Å². The highest BCUT2D eigenvalue weighted by molar-refractivity contribution is 6.30. The average molecular weight is 430 g/mol. The minimum Gasteiger partial charge on any atom is -0.490 e. The molecule has 0 saturated carbocycles. The van der Waals surface area contributed by atoms with E-state index in [9.17, 15) is 9.59 Å².